The molecule has 0 saturated carbocycles. The molecule has 0 aliphatic heterocycles. The zero-order chi connectivity index (χ0) is 17.6. The molecule has 2 aromatic rings. The highest BCUT2D eigenvalue weighted by Gasteiger charge is 2.24. The Morgan fingerprint density at radius 1 is 1.33 bits per heavy atom. The molecule has 0 aliphatic rings. The molecule has 1 heterocycles. The number of benzene rings is 1. The molecule has 2 unspecified atom stereocenters. The molecule has 0 spiro atoms. The molecular formula is C19H26N2O2S. The third-order valence-corrected chi connectivity index (χ3v) is 4.78. The van der Waals surface area contributed by atoms with E-state index in [1.165, 1.54) is 0 Å². The Morgan fingerprint density at radius 2 is 2.08 bits per heavy atom. The Balaban J connectivity index is 1.83. The van der Waals surface area contributed by atoms with Crippen molar-refractivity contribution in [3.05, 3.63) is 52.2 Å². The lowest BCUT2D eigenvalue weighted by atomic mass is 9.99. The van der Waals surface area contributed by atoms with Gasteiger partial charge in [0, 0.05) is 24.7 Å². The van der Waals surface area contributed by atoms with Gasteiger partial charge in [-0.15, -0.1) is 0 Å². The lowest BCUT2D eigenvalue weighted by Gasteiger charge is -2.25. The van der Waals surface area contributed by atoms with E-state index in [1.54, 1.807) is 18.3 Å². The molecule has 0 saturated heterocycles. The average molecular weight is 346 g/mol. The first-order valence-corrected chi connectivity index (χ1v) is 9.23. The second-order valence-electron chi connectivity index (χ2n) is 6.33. The molecule has 1 aromatic carbocycles. The third kappa shape index (κ3) is 5.16. The van der Waals surface area contributed by atoms with Crippen LogP contribution in [0.15, 0.2) is 41.1 Å². The van der Waals surface area contributed by atoms with E-state index < -0.39 is 5.60 Å². The average Bonchev–Trinajstić information content (AvgIpc) is 3.09. The van der Waals surface area contributed by atoms with Gasteiger partial charge in [-0.2, -0.15) is 11.3 Å². The fourth-order valence-corrected chi connectivity index (χ4v) is 3.33. The summed E-state index contributed by atoms with van der Waals surface area (Å²) in [6, 6.07) is 9.75. The van der Waals surface area contributed by atoms with Gasteiger partial charge in [0.1, 0.15) is 0 Å². The van der Waals surface area contributed by atoms with Gasteiger partial charge in [0.05, 0.1) is 5.60 Å². The Hall–Kier alpha value is -1.69. The number of rotatable bonds is 8. The van der Waals surface area contributed by atoms with E-state index in [2.05, 4.69) is 17.6 Å². The molecule has 130 valence electrons. The molecule has 2 rings (SSSR count). The number of hydrogen-bond acceptors (Lipinski definition) is 4. The molecule has 1 aromatic heterocycles. The Labute approximate surface area is 147 Å². The predicted octanol–water partition coefficient (Wildman–Crippen LogP) is 3.52. The van der Waals surface area contributed by atoms with Crippen LogP contribution < -0.4 is 10.6 Å². The van der Waals surface area contributed by atoms with Crippen LogP contribution >= 0.6 is 11.3 Å². The number of carbonyl (C=O) groups excluding carboxylic acids is 1. The minimum absolute atomic E-state index is 0.0222. The molecule has 0 bridgehead atoms. The summed E-state index contributed by atoms with van der Waals surface area (Å²) in [7, 11) is 0. The molecule has 0 fully saturated rings. The van der Waals surface area contributed by atoms with Crippen LogP contribution in [0.2, 0.25) is 0 Å². The van der Waals surface area contributed by atoms with E-state index in [9.17, 15) is 9.90 Å². The van der Waals surface area contributed by atoms with Crippen LogP contribution in [0.1, 0.15) is 38.3 Å². The predicted molar refractivity (Wildman–Crippen MR) is 100 cm³/mol. The summed E-state index contributed by atoms with van der Waals surface area (Å²) in [5, 5.41) is 20.6. The van der Waals surface area contributed by atoms with Gasteiger partial charge in [-0.3, -0.25) is 4.79 Å². The third-order valence-electron chi connectivity index (χ3n) is 4.10. The standard InChI is InChI=1S/C19H26N2O2S/c1-4-15-7-5-6-8-17(15)21-18(22)11-14(2)20-13-19(3,23)16-9-10-24-12-16/h5-10,12,14,20,23H,4,11,13H2,1-3H3,(H,21,22). The fourth-order valence-electron chi connectivity index (χ4n) is 2.55. The second kappa shape index (κ2) is 8.42. The minimum atomic E-state index is -0.931. The normalized spacial score (nSPS) is 14.8. The first kappa shape index (κ1) is 18.6. The maximum Gasteiger partial charge on any atom is 0.225 e. The van der Waals surface area contributed by atoms with Crippen molar-refractivity contribution in [3.63, 3.8) is 0 Å². The quantitative estimate of drug-likeness (QED) is 0.685. The summed E-state index contributed by atoms with van der Waals surface area (Å²) in [4.78, 5) is 12.2. The summed E-state index contributed by atoms with van der Waals surface area (Å²) in [5.41, 5.74) is 1.97. The number of thiophene rings is 1. The van der Waals surface area contributed by atoms with Crippen molar-refractivity contribution >= 4 is 22.9 Å². The van der Waals surface area contributed by atoms with Crippen molar-refractivity contribution in [2.24, 2.45) is 0 Å². The SMILES string of the molecule is CCc1ccccc1NC(=O)CC(C)NCC(C)(O)c1ccsc1. The number of anilines is 1. The molecule has 1 amide bonds. The number of aliphatic hydroxyl groups is 1. The molecule has 0 radical (unpaired) electrons. The molecule has 3 N–H and O–H groups in total. The van der Waals surface area contributed by atoms with E-state index in [0.717, 1.165) is 23.2 Å². The van der Waals surface area contributed by atoms with Crippen molar-refractivity contribution < 1.29 is 9.90 Å². The number of amides is 1. The van der Waals surface area contributed by atoms with Gasteiger partial charge in [-0.05, 0) is 54.3 Å². The van der Waals surface area contributed by atoms with Gasteiger partial charge in [-0.1, -0.05) is 25.1 Å². The number of carbonyl (C=O) groups is 1. The van der Waals surface area contributed by atoms with E-state index in [4.69, 9.17) is 0 Å². The Morgan fingerprint density at radius 3 is 2.75 bits per heavy atom. The van der Waals surface area contributed by atoms with Gasteiger partial charge in [0.2, 0.25) is 5.91 Å². The summed E-state index contributed by atoms with van der Waals surface area (Å²) < 4.78 is 0. The maximum absolute atomic E-state index is 12.2. The summed E-state index contributed by atoms with van der Waals surface area (Å²) in [6.45, 7) is 6.22. The van der Waals surface area contributed by atoms with Crippen molar-refractivity contribution in [1.82, 2.24) is 5.32 Å². The molecule has 2 atom stereocenters. The van der Waals surface area contributed by atoms with E-state index in [-0.39, 0.29) is 11.9 Å². The highest BCUT2D eigenvalue weighted by atomic mass is 32.1. The van der Waals surface area contributed by atoms with E-state index in [0.29, 0.717) is 13.0 Å². The monoisotopic (exact) mass is 346 g/mol. The topological polar surface area (TPSA) is 61.4 Å². The molecular weight excluding hydrogens is 320 g/mol. The second-order valence-corrected chi connectivity index (χ2v) is 7.11. The van der Waals surface area contributed by atoms with E-state index >= 15 is 0 Å². The van der Waals surface area contributed by atoms with Crippen molar-refractivity contribution in [2.45, 2.75) is 45.3 Å². The van der Waals surface area contributed by atoms with Crippen LogP contribution in [0, 0.1) is 0 Å². The van der Waals surface area contributed by atoms with Crippen molar-refractivity contribution in [3.8, 4) is 0 Å². The first-order valence-electron chi connectivity index (χ1n) is 8.28. The number of para-hydroxylation sites is 1. The number of hydrogen-bond donors (Lipinski definition) is 3. The van der Waals surface area contributed by atoms with Gasteiger partial charge in [-0.25, -0.2) is 0 Å². The smallest absolute Gasteiger partial charge is 0.225 e. The molecule has 24 heavy (non-hydrogen) atoms. The van der Waals surface area contributed by atoms with E-state index in [1.807, 2.05) is 48.0 Å². The van der Waals surface area contributed by atoms with Crippen LogP contribution in [0.3, 0.4) is 0 Å². The first-order chi connectivity index (χ1) is 11.4. The van der Waals surface area contributed by atoms with Crippen LogP contribution in [0.5, 0.6) is 0 Å². The molecule has 4 nitrogen and oxygen atoms in total. The highest BCUT2D eigenvalue weighted by Crippen LogP contribution is 2.22. The minimum Gasteiger partial charge on any atom is -0.384 e. The summed E-state index contributed by atoms with van der Waals surface area (Å²) >= 11 is 1.56. The van der Waals surface area contributed by atoms with Crippen molar-refractivity contribution in [1.29, 1.82) is 0 Å². The lowest BCUT2D eigenvalue weighted by molar-refractivity contribution is -0.116. The molecule has 5 heteroatoms. The van der Waals surface area contributed by atoms with Crippen LogP contribution in [0.25, 0.3) is 0 Å². The van der Waals surface area contributed by atoms with Gasteiger partial charge >= 0.3 is 0 Å². The van der Waals surface area contributed by atoms with Gasteiger partial charge in [0.25, 0.3) is 0 Å². The Bertz CT molecular complexity index is 653. The number of nitrogens with one attached hydrogen (secondary N) is 2. The fraction of sp³-hybridized carbons (Fsp3) is 0.421. The zero-order valence-electron chi connectivity index (χ0n) is 14.5. The van der Waals surface area contributed by atoms with Gasteiger partial charge < -0.3 is 15.7 Å². The van der Waals surface area contributed by atoms with Crippen LogP contribution in [-0.4, -0.2) is 23.6 Å². The highest BCUT2D eigenvalue weighted by molar-refractivity contribution is 7.08. The number of aryl methyl sites for hydroxylation is 1. The van der Waals surface area contributed by atoms with Gasteiger partial charge in [0.15, 0.2) is 0 Å². The van der Waals surface area contributed by atoms with Crippen molar-refractivity contribution in [2.75, 3.05) is 11.9 Å². The Kier molecular flexibility index (Phi) is 6.54. The zero-order valence-corrected chi connectivity index (χ0v) is 15.3. The van der Waals surface area contributed by atoms with Crippen LogP contribution in [-0.2, 0) is 16.8 Å². The largest absolute Gasteiger partial charge is 0.384 e. The lowest BCUT2D eigenvalue weighted by Crippen LogP contribution is -2.40. The molecule has 0 aliphatic carbocycles. The summed E-state index contributed by atoms with van der Waals surface area (Å²) in [6.07, 6.45) is 1.24. The maximum atomic E-state index is 12.2. The summed E-state index contributed by atoms with van der Waals surface area (Å²) in [5.74, 6) is -0.0222. The van der Waals surface area contributed by atoms with Crippen LogP contribution in [0.4, 0.5) is 5.69 Å².